The molecule has 1 amide bonds. The first-order valence-electron chi connectivity index (χ1n) is 6.26. The summed E-state index contributed by atoms with van der Waals surface area (Å²) in [7, 11) is 0. The fourth-order valence-electron chi connectivity index (χ4n) is 2.28. The molecule has 0 aliphatic carbocycles. The maximum atomic E-state index is 12.0. The van der Waals surface area contributed by atoms with Gasteiger partial charge in [0, 0.05) is 12.1 Å². The molecule has 0 aromatic carbocycles. The number of carbonyl (C=O) groups excluding carboxylic acids is 1. The fourth-order valence-corrected chi connectivity index (χ4v) is 2.28. The molecule has 1 fully saturated rings. The first kappa shape index (κ1) is 12.8. The Morgan fingerprint density at radius 2 is 2.00 bits per heavy atom. The van der Waals surface area contributed by atoms with E-state index in [2.05, 4.69) is 29.5 Å². The van der Waals surface area contributed by atoms with Gasteiger partial charge in [-0.1, -0.05) is 6.42 Å². The zero-order valence-electron chi connectivity index (χ0n) is 10.8. The first-order chi connectivity index (χ1) is 8.58. The second kappa shape index (κ2) is 5.30. The van der Waals surface area contributed by atoms with Crippen LogP contribution in [0.15, 0.2) is 12.1 Å². The van der Waals surface area contributed by atoms with E-state index in [-0.39, 0.29) is 11.6 Å². The Labute approximate surface area is 107 Å². The Hall–Kier alpha value is -1.69. The monoisotopic (exact) mass is 249 g/mol. The Kier molecular flexibility index (Phi) is 3.76. The van der Waals surface area contributed by atoms with E-state index in [1.165, 1.54) is 6.42 Å². The van der Waals surface area contributed by atoms with Crippen molar-refractivity contribution in [3.05, 3.63) is 17.8 Å². The second-order valence-electron chi connectivity index (χ2n) is 4.82. The van der Waals surface area contributed by atoms with Crippen molar-refractivity contribution < 1.29 is 4.79 Å². The third-order valence-corrected chi connectivity index (χ3v) is 3.34. The molecule has 0 bridgehead atoms. The van der Waals surface area contributed by atoms with Gasteiger partial charge in [-0.25, -0.2) is 5.01 Å². The van der Waals surface area contributed by atoms with E-state index in [0.717, 1.165) is 12.8 Å². The highest BCUT2D eigenvalue weighted by Crippen LogP contribution is 2.20. The Bertz CT molecular complexity index is 409. The molecule has 1 aliphatic heterocycles. The maximum Gasteiger partial charge on any atom is 0.286 e. The highest BCUT2D eigenvalue weighted by Gasteiger charge is 2.26. The molecule has 6 heteroatoms. The summed E-state index contributed by atoms with van der Waals surface area (Å²) in [5.41, 5.74) is 8.63. The number of amides is 1. The van der Waals surface area contributed by atoms with E-state index in [1.807, 2.05) is 5.01 Å². The molecule has 0 saturated carbocycles. The lowest BCUT2D eigenvalue weighted by atomic mass is 10.00. The van der Waals surface area contributed by atoms with Crippen LogP contribution in [-0.4, -0.2) is 33.2 Å². The summed E-state index contributed by atoms with van der Waals surface area (Å²) in [5.74, 6) is 0.0781. The van der Waals surface area contributed by atoms with Gasteiger partial charge in [0.2, 0.25) is 0 Å². The van der Waals surface area contributed by atoms with Crippen molar-refractivity contribution in [3.8, 4) is 0 Å². The van der Waals surface area contributed by atoms with Gasteiger partial charge in [-0.2, -0.15) is 0 Å². The molecule has 0 radical (unpaired) electrons. The quantitative estimate of drug-likeness (QED) is 0.815. The second-order valence-corrected chi connectivity index (χ2v) is 4.82. The van der Waals surface area contributed by atoms with Crippen molar-refractivity contribution in [2.45, 2.75) is 45.2 Å². The number of nitrogens with zero attached hydrogens (tertiary/aromatic N) is 3. The van der Waals surface area contributed by atoms with Crippen LogP contribution in [0.2, 0.25) is 0 Å². The van der Waals surface area contributed by atoms with E-state index in [4.69, 9.17) is 5.73 Å². The Morgan fingerprint density at radius 3 is 2.56 bits per heavy atom. The maximum absolute atomic E-state index is 12.0. The number of hydrazine groups is 1. The van der Waals surface area contributed by atoms with Crippen LogP contribution in [0.25, 0.3) is 0 Å². The standard InChI is InChI=1S/C12H19N5O/c1-8-4-3-5-9(2)17(8)16-12(18)10-6-7-11(13)15-14-10/h6-9H,3-5H2,1-2H3,(H2,13,15)(H,16,18). The topological polar surface area (TPSA) is 84.1 Å². The summed E-state index contributed by atoms with van der Waals surface area (Å²) in [5, 5.41) is 9.46. The van der Waals surface area contributed by atoms with Crippen LogP contribution in [0, 0.1) is 0 Å². The zero-order valence-corrected chi connectivity index (χ0v) is 10.8. The molecule has 1 aliphatic rings. The smallest absolute Gasteiger partial charge is 0.286 e. The SMILES string of the molecule is CC1CCCC(C)N1NC(=O)c1ccc(N)nn1. The van der Waals surface area contributed by atoms with E-state index >= 15 is 0 Å². The van der Waals surface area contributed by atoms with Crippen molar-refractivity contribution >= 4 is 11.7 Å². The molecule has 1 aromatic heterocycles. The average Bonchev–Trinajstić information content (AvgIpc) is 2.34. The summed E-state index contributed by atoms with van der Waals surface area (Å²) >= 11 is 0. The molecule has 6 nitrogen and oxygen atoms in total. The van der Waals surface area contributed by atoms with Gasteiger partial charge in [0.05, 0.1) is 0 Å². The molecule has 98 valence electrons. The Balaban J connectivity index is 2.04. The lowest BCUT2D eigenvalue weighted by Crippen LogP contribution is -2.54. The minimum atomic E-state index is -0.233. The number of hydrogen-bond donors (Lipinski definition) is 2. The number of piperidine rings is 1. The van der Waals surface area contributed by atoms with Gasteiger partial charge < -0.3 is 5.73 Å². The third kappa shape index (κ3) is 2.76. The number of carbonyl (C=O) groups is 1. The van der Waals surface area contributed by atoms with Gasteiger partial charge in [-0.3, -0.25) is 10.2 Å². The van der Waals surface area contributed by atoms with E-state index in [0.29, 0.717) is 17.9 Å². The first-order valence-corrected chi connectivity index (χ1v) is 6.26. The van der Waals surface area contributed by atoms with Crippen molar-refractivity contribution in [1.82, 2.24) is 20.6 Å². The normalized spacial score (nSPS) is 24.8. The van der Waals surface area contributed by atoms with Crippen LogP contribution in [0.5, 0.6) is 0 Å². The molecule has 2 rings (SSSR count). The molecular formula is C12H19N5O. The minimum absolute atomic E-state index is 0.233. The molecule has 0 spiro atoms. The van der Waals surface area contributed by atoms with Gasteiger partial charge in [-0.05, 0) is 38.8 Å². The molecule has 1 aromatic rings. The summed E-state index contributed by atoms with van der Waals surface area (Å²) in [4.78, 5) is 12.0. The molecule has 2 unspecified atom stereocenters. The summed E-state index contributed by atoms with van der Waals surface area (Å²) < 4.78 is 0. The summed E-state index contributed by atoms with van der Waals surface area (Å²) in [6.45, 7) is 4.23. The van der Waals surface area contributed by atoms with Crippen molar-refractivity contribution in [1.29, 1.82) is 0 Å². The predicted octanol–water partition coefficient (Wildman–Crippen LogP) is 0.966. The van der Waals surface area contributed by atoms with E-state index < -0.39 is 0 Å². The van der Waals surface area contributed by atoms with E-state index in [1.54, 1.807) is 12.1 Å². The molecule has 2 heterocycles. The third-order valence-electron chi connectivity index (χ3n) is 3.34. The molecular weight excluding hydrogens is 230 g/mol. The van der Waals surface area contributed by atoms with Crippen LogP contribution in [0.3, 0.4) is 0 Å². The number of rotatable bonds is 2. The van der Waals surface area contributed by atoms with E-state index in [9.17, 15) is 4.79 Å². The van der Waals surface area contributed by atoms with Crippen LogP contribution in [0.4, 0.5) is 5.82 Å². The van der Waals surface area contributed by atoms with Crippen molar-refractivity contribution in [2.75, 3.05) is 5.73 Å². The number of nitrogens with one attached hydrogen (secondary N) is 1. The van der Waals surface area contributed by atoms with Crippen molar-refractivity contribution in [3.63, 3.8) is 0 Å². The highest BCUT2D eigenvalue weighted by atomic mass is 16.2. The summed E-state index contributed by atoms with van der Waals surface area (Å²) in [6, 6.07) is 3.85. The molecule has 2 atom stereocenters. The van der Waals surface area contributed by atoms with Gasteiger partial charge in [0.1, 0.15) is 5.82 Å². The zero-order chi connectivity index (χ0) is 13.1. The van der Waals surface area contributed by atoms with Gasteiger partial charge in [0.15, 0.2) is 5.69 Å². The van der Waals surface area contributed by atoms with Gasteiger partial charge in [0.25, 0.3) is 5.91 Å². The fraction of sp³-hybridized carbons (Fsp3) is 0.583. The number of anilines is 1. The minimum Gasteiger partial charge on any atom is -0.382 e. The Morgan fingerprint density at radius 1 is 1.33 bits per heavy atom. The number of nitrogens with two attached hydrogens (primary N) is 1. The van der Waals surface area contributed by atoms with Crippen LogP contribution < -0.4 is 11.2 Å². The van der Waals surface area contributed by atoms with Gasteiger partial charge in [-0.15, -0.1) is 10.2 Å². The average molecular weight is 249 g/mol. The largest absolute Gasteiger partial charge is 0.382 e. The molecule has 18 heavy (non-hydrogen) atoms. The highest BCUT2D eigenvalue weighted by molar-refractivity contribution is 5.91. The predicted molar refractivity (Wildman–Crippen MR) is 68.5 cm³/mol. The van der Waals surface area contributed by atoms with Crippen LogP contribution >= 0.6 is 0 Å². The lowest BCUT2D eigenvalue weighted by Gasteiger charge is -2.38. The van der Waals surface area contributed by atoms with Gasteiger partial charge >= 0.3 is 0 Å². The number of nitrogen functional groups attached to an aromatic ring is 1. The van der Waals surface area contributed by atoms with Crippen LogP contribution in [0.1, 0.15) is 43.6 Å². The number of aromatic nitrogens is 2. The van der Waals surface area contributed by atoms with Crippen molar-refractivity contribution in [2.24, 2.45) is 0 Å². The summed E-state index contributed by atoms with van der Waals surface area (Å²) in [6.07, 6.45) is 3.40. The van der Waals surface area contributed by atoms with Crippen LogP contribution in [-0.2, 0) is 0 Å². The lowest BCUT2D eigenvalue weighted by molar-refractivity contribution is 0.0365. The molecule has 1 saturated heterocycles. The number of hydrogen-bond acceptors (Lipinski definition) is 5. The molecule has 3 N–H and O–H groups in total.